The molecule has 1 heterocycles. The molecule has 1 aromatic heterocycles. The van der Waals surface area contributed by atoms with Crippen LogP contribution in [-0.2, 0) is 16.0 Å². The number of benzene rings is 3. The molecule has 4 aromatic rings. The van der Waals surface area contributed by atoms with Crippen molar-refractivity contribution in [3.63, 3.8) is 0 Å². The molecule has 0 radical (unpaired) electrons. The van der Waals surface area contributed by atoms with Crippen LogP contribution in [0, 0.1) is 0 Å². The van der Waals surface area contributed by atoms with Crippen molar-refractivity contribution < 1.29 is 14.4 Å². The molecular formula is C25H19Cl3N4O3. The van der Waals surface area contributed by atoms with Crippen LogP contribution in [0.4, 0.5) is 11.4 Å². The van der Waals surface area contributed by atoms with Crippen molar-refractivity contribution in [2.75, 3.05) is 16.1 Å². The summed E-state index contributed by atoms with van der Waals surface area (Å²) >= 11 is 18.1. The molecule has 4 rings (SSSR count). The fourth-order valence-corrected chi connectivity index (χ4v) is 4.17. The van der Waals surface area contributed by atoms with E-state index < -0.39 is 17.7 Å². The van der Waals surface area contributed by atoms with E-state index >= 15 is 0 Å². The molecule has 0 saturated carbocycles. The molecule has 0 aliphatic rings. The van der Waals surface area contributed by atoms with Crippen LogP contribution in [0.25, 0.3) is 10.9 Å². The van der Waals surface area contributed by atoms with Crippen molar-refractivity contribution in [1.82, 2.24) is 4.68 Å². The summed E-state index contributed by atoms with van der Waals surface area (Å²) in [5, 5.41) is 6.97. The predicted octanol–water partition coefficient (Wildman–Crippen LogP) is 6.13. The van der Waals surface area contributed by atoms with Gasteiger partial charge in [0.25, 0.3) is 5.91 Å². The second-order valence-corrected chi connectivity index (χ2v) is 8.94. The predicted molar refractivity (Wildman–Crippen MR) is 140 cm³/mol. The van der Waals surface area contributed by atoms with E-state index in [2.05, 4.69) is 16.1 Å². The van der Waals surface area contributed by atoms with Crippen LogP contribution in [0.15, 0.2) is 66.7 Å². The van der Waals surface area contributed by atoms with Gasteiger partial charge in [0.2, 0.25) is 0 Å². The van der Waals surface area contributed by atoms with Crippen molar-refractivity contribution >= 4 is 74.8 Å². The minimum absolute atomic E-state index is 0.0619. The number of hydrogen-bond acceptors (Lipinski definition) is 3. The molecule has 0 aliphatic carbocycles. The summed E-state index contributed by atoms with van der Waals surface area (Å²) in [6, 6.07) is 18.2. The van der Waals surface area contributed by atoms with Gasteiger partial charge in [0.05, 0.1) is 5.52 Å². The lowest BCUT2D eigenvalue weighted by molar-refractivity contribution is -0.133. The fourth-order valence-electron chi connectivity index (χ4n) is 3.46. The maximum atomic E-state index is 13.1. The van der Waals surface area contributed by atoms with Gasteiger partial charge in [-0.15, -0.1) is 0 Å². The van der Waals surface area contributed by atoms with E-state index in [1.807, 2.05) is 19.1 Å². The Kier molecular flexibility index (Phi) is 7.31. The van der Waals surface area contributed by atoms with Gasteiger partial charge in [-0.3, -0.25) is 19.8 Å². The quantitative estimate of drug-likeness (QED) is 0.272. The van der Waals surface area contributed by atoms with Gasteiger partial charge in [0, 0.05) is 31.8 Å². The third kappa shape index (κ3) is 5.77. The average Bonchev–Trinajstić information content (AvgIpc) is 3.16. The smallest absolute Gasteiger partial charge is 0.321 e. The molecule has 0 spiro atoms. The number of hydrogen-bond donors (Lipinski definition) is 3. The Morgan fingerprint density at radius 1 is 0.743 bits per heavy atom. The zero-order chi connectivity index (χ0) is 25.1. The van der Waals surface area contributed by atoms with Crippen LogP contribution in [0.3, 0.4) is 0 Å². The van der Waals surface area contributed by atoms with Crippen LogP contribution in [-0.4, -0.2) is 22.4 Å². The third-order valence-corrected chi connectivity index (χ3v) is 5.83. The molecule has 3 N–H and O–H groups in total. The minimum atomic E-state index is -0.961. The molecule has 35 heavy (non-hydrogen) atoms. The zero-order valence-corrected chi connectivity index (χ0v) is 20.6. The highest BCUT2D eigenvalue weighted by Gasteiger charge is 2.21. The van der Waals surface area contributed by atoms with Crippen LogP contribution in [0.5, 0.6) is 0 Å². The van der Waals surface area contributed by atoms with Crippen molar-refractivity contribution in [1.29, 1.82) is 0 Å². The Bertz CT molecular complexity index is 1430. The van der Waals surface area contributed by atoms with Crippen molar-refractivity contribution in [3.8, 4) is 0 Å². The van der Waals surface area contributed by atoms with E-state index in [1.54, 1.807) is 36.4 Å². The molecule has 178 valence electrons. The standard InChI is InChI=1S/C25H19Cl3N4O3/c1-2-14-3-6-19(7-4-14)29-24(34)25(35)31-32-21-8-5-16(26)9-15(21)10-22(32)23(33)30-20-12-17(27)11-18(28)13-20/h3-13H,2H2,1H3,(H,29,34)(H,30,33)(H,31,35). The van der Waals surface area contributed by atoms with E-state index in [0.29, 0.717) is 37.3 Å². The summed E-state index contributed by atoms with van der Waals surface area (Å²) in [7, 11) is 0. The first-order valence-electron chi connectivity index (χ1n) is 10.5. The Balaban J connectivity index is 1.61. The molecule has 7 nitrogen and oxygen atoms in total. The lowest BCUT2D eigenvalue weighted by atomic mass is 10.1. The highest BCUT2D eigenvalue weighted by Crippen LogP contribution is 2.26. The van der Waals surface area contributed by atoms with Crippen molar-refractivity contribution in [2.24, 2.45) is 0 Å². The van der Waals surface area contributed by atoms with Gasteiger partial charge < -0.3 is 10.6 Å². The molecule has 0 saturated heterocycles. The first-order chi connectivity index (χ1) is 16.7. The van der Waals surface area contributed by atoms with Gasteiger partial charge in [-0.05, 0) is 66.6 Å². The summed E-state index contributed by atoms with van der Waals surface area (Å²) in [4.78, 5) is 38.4. The molecule has 3 aromatic carbocycles. The number of carbonyl (C=O) groups is 3. The largest absolute Gasteiger partial charge is 0.328 e. The fraction of sp³-hybridized carbons (Fsp3) is 0.0800. The Morgan fingerprint density at radius 2 is 1.43 bits per heavy atom. The SMILES string of the molecule is CCc1ccc(NC(=O)C(=O)Nn2c(C(=O)Nc3cc(Cl)cc(Cl)c3)cc3cc(Cl)ccc32)cc1. The topological polar surface area (TPSA) is 92.2 Å². The number of amides is 3. The number of aryl methyl sites for hydroxylation is 1. The minimum Gasteiger partial charge on any atom is -0.321 e. The number of aromatic nitrogens is 1. The highest BCUT2D eigenvalue weighted by molar-refractivity contribution is 6.42. The second kappa shape index (κ2) is 10.4. The first kappa shape index (κ1) is 24.6. The lowest BCUT2D eigenvalue weighted by Crippen LogP contribution is -2.36. The second-order valence-electron chi connectivity index (χ2n) is 7.63. The maximum absolute atomic E-state index is 13.1. The lowest BCUT2D eigenvalue weighted by Gasteiger charge is -2.13. The number of anilines is 2. The van der Waals surface area contributed by atoms with E-state index in [9.17, 15) is 14.4 Å². The molecule has 10 heteroatoms. The first-order valence-corrected chi connectivity index (χ1v) is 11.7. The summed E-state index contributed by atoms with van der Waals surface area (Å²) in [5.74, 6) is -2.42. The molecule has 0 fully saturated rings. The van der Waals surface area contributed by atoms with Crippen molar-refractivity contribution in [2.45, 2.75) is 13.3 Å². The number of rotatable bonds is 5. The highest BCUT2D eigenvalue weighted by atomic mass is 35.5. The number of halogens is 3. The van der Waals surface area contributed by atoms with Gasteiger partial charge in [-0.1, -0.05) is 53.9 Å². The number of carbonyl (C=O) groups excluding carboxylic acids is 3. The molecule has 0 atom stereocenters. The Labute approximate surface area is 215 Å². The monoisotopic (exact) mass is 528 g/mol. The summed E-state index contributed by atoms with van der Waals surface area (Å²) < 4.78 is 1.23. The number of nitrogens with zero attached hydrogens (tertiary/aromatic N) is 1. The molecular weight excluding hydrogens is 511 g/mol. The van der Waals surface area contributed by atoms with Crippen molar-refractivity contribution in [3.05, 3.63) is 93.1 Å². The zero-order valence-electron chi connectivity index (χ0n) is 18.4. The van der Waals surface area contributed by atoms with Gasteiger partial charge in [0.1, 0.15) is 5.69 Å². The number of nitrogens with one attached hydrogen (secondary N) is 3. The van der Waals surface area contributed by atoms with Crippen LogP contribution in [0.2, 0.25) is 15.1 Å². The molecule has 0 unspecified atom stereocenters. The molecule has 0 bridgehead atoms. The van der Waals surface area contributed by atoms with Gasteiger partial charge in [-0.25, -0.2) is 4.68 Å². The number of fused-ring (bicyclic) bond motifs is 1. The summed E-state index contributed by atoms with van der Waals surface area (Å²) in [6.45, 7) is 2.02. The molecule has 0 aliphatic heterocycles. The van der Waals surface area contributed by atoms with E-state index in [0.717, 1.165) is 12.0 Å². The third-order valence-electron chi connectivity index (χ3n) is 5.16. The van der Waals surface area contributed by atoms with Gasteiger partial charge >= 0.3 is 11.8 Å². The van der Waals surface area contributed by atoms with Crippen LogP contribution in [0.1, 0.15) is 23.0 Å². The molecule has 3 amide bonds. The van der Waals surface area contributed by atoms with E-state index in [4.69, 9.17) is 34.8 Å². The van der Waals surface area contributed by atoms with Crippen LogP contribution < -0.4 is 16.1 Å². The van der Waals surface area contributed by atoms with Gasteiger partial charge in [0.15, 0.2) is 0 Å². The summed E-state index contributed by atoms with van der Waals surface area (Å²) in [5.41, 5.74) is 4.96. The maximum Gasteiger partial charge on any atom is 0.328 e. The van der Waals surface area contributed by atoms with E-state index in [-0.39, 0.29) is 5.69 Å². The van der Waals surface area contributed by atoms with Gasteiger partial charge in [-0.2, -0.15) is 0 Å². The summed E-state index contributed by atoms with van der Waals surface area (Å²) in [6.07, 6.45) is 0.853. The van der Waals surface area contributed by atoms with E-state index in [1.165, 1.54) is 22.9 Å². The van der Waals surface area contributed by atoms with Crippen LogP contribution >= 0.6 is 34.8 Å². The Morgan fingerprint density at radius 3 is 2.09 bits per heavy atom. The average molecular weight is 530 g/mol. The normalized spacial score (nSPS) is 10.7. The Hall–Kier alpha value is -3.52.